The first-order valence-electron chi connectivity index (χ1n) is 7.32. The lowest BCUT2D eigenvalue weighted by atomic mass is 10.1. The van der Waals surface area contributed by atoms with Crippen molar-refractivity contribution in [2.75, 3.05) is 6.54 Å². The number of benzene rings is 1. The highest BCUT2D eigenvalue weighted by atomic mass is 32.2. The molecule has 0 amide bonds. The van der Waals surface area contributed by atoms with E-state index in [1.54, 1.807) is 4.68 Å². The molecule has 7 heteroatoms. The van der Waals surface area contributed by atoms with Gasteiger partial charge in [0.2, 0.25) is 10.0 Å². The van der Waals surface area contributed by atoms with Gasteiger partial charge in [-0.1, -0.05) is 12.1 Å². The molecule has 2 aromatic rings. The van der Waals surface area contributed by atoms with Gasteiger partial charge in [-0.25, -0.2) is 13.1 Å². The summed E-state index contributed by atoms with van der Waals surface area (Å²) in [7, 11) is -1.71. The first-order chi connectivity index (χ1) is 10.7. The number of aromatic nitrogens is 2. The minimum Gasteiger partial charge on any atom is -0.295 e. The van der Waals surface area contributed by atoms with Gasteiger partial charge in [-0.2, -0.15) is 5.10 Å². The van der Waals surface area contributed by atoms with Crippen LogP contribution in [0.5, 0.6) is 0 Å². The van der Waals surface area contributed by atoms with Gasteiger partial charge in [-0.3, -0.25) is 9.48 Å². The zero-order valence-corrected chi connectivity index (χ0v) is 14.6. The molecule has 0 saturated heterocycles. The van der Waals surface area contributed by atoms with E-state index in [1.165, 1.54) is 31.2 Å². The maximum atomic E-state index is 12.3. The molecule has 0 saturated carbocycles. The summed E-state index contributed by atoms with van der Waals surface area (Å²) < 4.78 is 28.9. The number of Topliss-reactive ketones (excluding diaryl/α,β-unsaturated/α-hetero) is 1. The van der Waals surface area contributed by atoms with E-state index < -0.39 is 10.0 Å². The number of rotatable bonds is 6. The van der Waals surface area contributed by atoms with Crippen LogP contribution in [-0.4, -0.2) is 30.5 Å². The van der Waals surface area contributed by atoms with E-state index in [9.17, 15) is 13.2 Å². The first kappa shape index (κ1) is 17.4. The fourth-order valence-electron chi connectivity index (χ4n) is 2.44. The smallest absolute Gasteiger partial charge is 0.240 e. The molecule has 0 spiro atoms. The minimum absolute atomic E-state index is 0.0931. The predicted octanol–water partition coefficient (Wildman–Crippen LogP) is 1.76. The molecule has 0 aliphatic heterocycles. The number of ketones is 1. The van der Waals surface area contributed by atoms with Crippen molar-refractivity contribution in [3.63, 3.8) is 0 Å². The van der Waals surface area contributed by atoms with Gasteiger partial charge < -0.3 is 0 Å². The largest absolute Gasteiger partial charge is 0.295 e. The Morgan fingerprint density at radius 2 is 1.83 bits per heavy atom. The van der Waals surface area contributed by atoms with Crippen LogP contribution < -0.4 is 4.72 Å². The van der Waals surface area contributed by atoms with Crippen LogP contribution in [0.15, 0.2) is 29.2 Å². The van der Waals surface area contributed by atoms with E-state index in [-0.39, 0.29) is 10.7 Å². The standard InChI is InChI=1S/C16H21N3O3S/c1-11-16(12(2)19(4)18-11)9-10-17-23(21,22)15-7-5-14(6-8-15)13(3)20/h5-8,17H,9-10H2,1-4H3. The van der Waals surface area contributed by atoms with Gasteiger partial charge in [0.15, 0.2) is 5.78 Å². The number of carbonyl (C=O) groups excluding carboxylic acids is 1. The molecule has 0 fully saturated rings. The molecule has 0 aliphatic carbocycles. The Morgan fingerprint density at radius 3 is 2.30 bits per heavy atom. The SMILES string of the molecule is CC(=O)c1ccc(S(=O)(=O)NCCc2c(C)nn(C)c2C)cc1. The van der Waals surface area contributed by atoms with Crippen LogP contribution in [0.4, 0.5) is 0 Å². The van der Waals surface area contributed by atoms with Crippen LogP contribution >= 0.6 is 0 Å². The molecule has 0 radical (unpaired) electrons. The highest BCUT2D eigenvalue weighted by Crippen LogP contribution is 2.14. The summed E-state index contributed by atoms with van der Waals surface area (Å²) in [6.45, 7) is 5.62. The third-order valence-electron chi connectivity index (χ3n) is 3.90. The van der Waals surface area contributed by atoms with Gasteiger partial charge in [-0.15, -0.1) is 0 Å². The second-order valence-electron chi connectivity index (χ2n) is 5.50. The molecule has 124 valence electrons. The number of aryl methyl sites for hydroxylation is 2. The van der Waals surface area contributed by atoms with Gasteiger partial charge in [0.05, 0.1) is 10.6 Å². The van der Waals surface area contributed by atoms with Crippen molar-refractivity contribution in [3.05, 3.63) is 46.8 Å². The maximum Gasteiger partial charge on any atom is 0.240 e. The van der Waals surface area contributed by atoms with Crippen molar-refractivity contribution in [1.29, 1.82) is 0 Å². The average molecular weight is 335 g/mol. The van der Waals surface area contributed by atoms with Gasteiger partial charge >= 0.3 is 0 Å². The van der Waals surface area contributed by atoms with E-state index in [2.05, 4.69) is 9.82 Å². The summed E-state index contributed by atoms with van der Waals surface area (Å²) in [5, 5.41) is 4.32. The molecule has 2 rings (SSSR count). The number of nitrogens with one attached hydrogen (secondary N) is 1. The lowest BCUT2D eigenvalue weighted by Gasteiger charge is -2.08. The minimum atomic E-state index is -3.58. The summed E-state index contributed by atoms with van der Waals surface area (Å²) in [6, 6.07) is 5.93. The van der Waals surface area contributed by atoms with Gasteiger partial charge in [0.1, 0.15) is 0 Å². The number of nitrogens with zero attached hydrogens (tertiary/aromatic N) is 2. The van der Waals surface area contributed by atoms with Crippen molar-refractivity contribution >= 4 is 15.8 Å². The van der Waals surface area contributed by atoms with Crippen LogP contribution in [0.3, 0.4) is 0 Å². The topological polar surface area (TPSA) is 81.1 Å². The normalized spacial score (nSPS) is 11.7. The van der Waals surface area contributed by atoms with Crippen LogP contribution in [0.25, 0.3) is 0 Å². The van der Waals surface area contributed by atoms with E-state index >= 15 is 0 Å². The summed E-state index contributed by atoms with van der Waals surface area (Å²) in [5.74, 6) is -0.0931. The predicted molar refractivity (Wildman–Crippen MR) is 88.0 cm³/mol. The first-order valence-corrected chi connectivity index (χ1v) is 8.80. The van der Waals surface area contributed by atoms with Crippen LogP contribution in [-0.2, 0) is 23.5 Å². The highest BCUT2D eigenvalue weighted by Gasteiger charge is 2.15. The van der Waals surface area contributed by atoms with Crippen LogP contribution in [0, 0.1) is 13.8 Å². The van der Waals surface area contributed by atoms with Crippen molar-refractivity contribution in [3.8, 4) is 0 Å². The Morgan fingerprint density at radius 1 is 1.22 bits per heavy atom. The zero-order valence-electron chi connectivity index (χ0n) is 13.8. The second-order valence-corrected chi connectivity index (χ2v) is 7.27. The molecule has 0 bridgehead atoms. The van der Waals surface area contributed by atoms with Crippen molar-refractivity contribution in [2.45, 2.75) is 32.1 Å². The summed E-state index contributed by atoms with van der Waals surface area (Å²) in [5.41, 5.74) is 3.50. The van der Waals surface area contributed by atoms with E-state index in [1.807, 2.05) is 20.9 Å². The van der Waals surface area contributed by atoms with Crippen molar-refractivity contribution in [1.82, 2.24) is 14.5 Å². The highest BCUT2D eigenvalue weighted by molar-refractivity contribution is 7.89. The van der Waals surface area contributed by atoms with E-state index in [0.717, 1.165) is 17.0 Å². The average Bonchev–Trinajstić information content (AvgIpc) is 2.73. The molecule has 6 nitrogen and oxygen atoms in total. The van der Waals surface area contributed by atoms with E-state index in [4.69, 9.17) is 0 Å². The molecule has 0 atom stereocenters. The fourth-order valence-corrected chi connectivity index (χ4v) is 3.47. The quantitative estimate of drug-likeness (QED) is 0.816. The van der Waals surface area contributed by atoms with Crippen LogP contribution in [0.2, 0.25) is 0 Å². The molecule has 1 N–H and O–H groups in total. The molecular formula is C16H21N3O3S. The van der Waals surface area contributed by atoms with Gasteiger partial charge in [0.25, 0.3) is 0 Å². The molecule has 0 unspecified atom stereocenters. The van der Waals surface area contributed by atoms with Crippen LogP contribution in [0.1, 0.15) is 34.2 Å². The number of sulfonamides is 1. The molecule has 0 aliphatic rings. The summed E-state index contributed by atoms with van der Waals surface area (Å²) in [4.78, 5) is 11.4. The zero-order chi connectivity index (χ0) is 17.2. The molecule has 23 heavy (non-hydrogen) atoms. The monoisotopic (exact) mass is 335 g/mol. The van der Waals surface area contributed by atoms with E-state index in [0.29, 0.717) is 18.5 Å². The Hall–Kier alpha value is -1.99. The second kappa shape index (κ2) is 6.64. The molecule has 1 aromatic heterocycles. The molecular weight excluding hydrogens is 314 g/mol. The van der Waals surface area contributed by atoms with Crippen molar-refractivity contribution in [2.24, 2.45) is 7.05 Å². The lowest BCUT2D eigenvalue weighted by Crippen LogP contribution is -2.26. The number of carbonyl (C=O) groups is 1. The number of hydrogen-bond donors (Lipinski definition) is 1. The third kappa shape index (κ3) is 3.86. The molecule has 1 heterocycles. The summed E-state index contributed by atoms with van der Waals surface area (Å²) in [6.07, 6.45) is 0.580. The third-order valence-corrected chi connectivity index (χ3v) is 5.37. The Bertz CT molecular complexity index is 821. The Labute approximate surface area is 136 Å². The van der Waals surface area contributed by atoms with Crippen molar-refractivity contribution < 1.29 is 13.2 Å². The van der Waals surface area contributed by atoms with Gasteiger partial charge in [-0.05, 0) is 44.9 Å². The maximum absolute atomic E-state index is 12.3. The van der Waals surface area contributed by atoms with Gasteiger partial charge in [0, 0.05) is 24.8 Å². The summed E-state index contributed by atoms with van der Waals surface area (Å²) >= 11 is 0. The lowest BCUT2D eigenvalue weighted by molar-refractivity contribution is 0.101. The fraction of sp³-hybridized carbons (Fsp3) is 0.375. The Balaban J connectivity index is 2.05. The molecule has 1 aromatic carbocycles. The number of hydrogen-bond acceptors (Lipinski definition) is 4. The Kier molecular flexibility index (Phi) is 5.01.